The molecule has 0 spiro atoms. The van der Waals surface area contributed by atoms with Gasteiger partial charge in [0.05, 0.1) is 15.9 Å². The van der Waals surface area contributed by atoms with Gasteiger partial charge in [0.25, 0.3) is 0 Å². The molecule has 0 saturated carbocycles. The minimum Gasteiger partial charge on any atom is -0.437 e. The van der Waals surface area contributed by atoms with Crippen LogP contribution >= 0.6 is 11.6 Å². The highest BCUT2D eigenvalue weighted by Gasteiger charge is 2.10. The Bertz CT molecular complexity index is 763. The van der Waals surface area contributed by atoms with Gasteiger partial charge >= 0.3 is 0 Å². The molecule has 100 valence electrons. The summed E-state index contributed by atoms with van der Waals surface area (Å²) < 4.78 is 5.79. The number of aromatic nitrogens is 2. The number of halogens is 1. The molecule has 1 heterocycles. The summed E-state index contributed by atoms with van der Waals surface area (Å²) in [6.07, 6.45) is 0. The first-order valence-electron chi connectivity index (χ1n) is 5.94. The number of nitrogen functional groups attached to an aromatic ring is 1. The smallest absolute Gasteiger partial charge is 0.241 e. The van der Waals surface area contributed by atoms with E-state index < -0.39 is 0 Å². The van der Waals surface area contributed by atoms with Crippen molar-refractivity contribution in [3.8, 4) is 11.6 Å². The summed E-state index contributed by atoms with van der Waals surface area (Å²) in [5, 5.41) is 1.30. The first-order valence-corrected chi connectivity index (χ1v) is 6.31. The Morgan fingerprint density at radius 1 is 1.00 bits per heavy atom. The van der Waals surface area contributed by atoms with Gasteiger partial charge in [-0.1, -0.05) is 35.9 Å². The Balaban J connectivity index is 2.13. The summed E-state index contributed by atoms with van der Waals surface area (Å²) in [5.74, 6) is 6.59. The van der Waals surface area contributed by atoms with Crippen LogP contribution in [0.4, 0.5) is 5.95 Å². The van der Waals surface area contributed by atoms with Crippen molar-refractivity contribution in [1.82, 2.24) is 9.97 Å². The number of ether oxygens (including phenoxy) is 1. The maximum absolute atomic E-state index is 6.09. The second-order valence-corrected chi connectivity index (χ2v) is 4.45. The highest BCUT2D eigenvalue weighted by Crippen LogP contribution is 2.32. The number of para-hydroxylation sites is 2. The van der Waals surface area contributed by atoms with Crippen molar-refractivity contribution in [1.29, 1.82) is 0 Å². The molecule has 6 heteroatoms. The predicted octanol–water partition coefficient (Wildman–Crippen LogP) is 3.36. The summed E-state index contributed by atoms with van der Waals surface area (Å²) in [6, 6.07) is 14.7. The van der Waals surface area contributed by atoms with Crippen LogP contribution < -0.4 is 16.0 Å². The number of nitrogens with two attached hydrogens (primary N) is 1. The number of hydrogen-bond donors (Lipinski definition) is 2. The van der Waals surface area contributed by atoms with E-state index >= 15 is 0 Å². The van der Waals surface area contributed by atoms with Crippen molar-refractivity contribution in [2.45, 2.75) is 0 Å². The summed E-state index contributed by atoms with van der Waals surface area (Å²) >= 11 is 6.09. The zero-order valence-electron chi connectivity index (χ0n) is 10.4. The SMILES string of the molecule is NNc1nc(Oc2ccccc2Cl)c2ccccc2n1. The highest BCUT2D eigenvalue weighted by molar-refractivity contribution is 6.32. The minimum absolute atomic E-state index is 0.283. The standard InChI is InChI=1S/C14H11ClN4O/c15-10-6-2-4-8-12(10)20-13-9-5-1-3-7-11(9)17-14(18-13)19-16/h1-8H,16H2,(H,17,18,19). The topological polar surface area (TPSA) is 73.1 Å². The number of nitrogens with one attached hydrogen (secondary N) is 1. The number of anilines is 1. The molecule has 3 aromatic rings. The van der Waals surface area contributed by atoms with Gasteiger partial charge in [-0.05, 0) is 24.3 Å². The van der Waals surface area contributed by atoms with Crippen LogP contribution in [0.2, 0.25) is 5.02 Å². The molecule has 0 radical (unpaired) electrons. The molecule has 20 heavy (non-hydrogen) atoms. The summed E-state index contributed by atoms with van der Waals surface area (Å²) in [4.78, 5) is 8.49. The second kappa shape index (κ2) is 5.32. The summed E-state index contributed by atoms with van der Waals surface area (Å²) in [5.41, 5.74) is 3.16. The first-order chi connectivity index (χ1) is 9.78. The molecule has 0 aliphatic heterocycles. The third kappa shape index (κ3) is 2.36. The van der Waals surface area contributed by atoms with Gasteiger partial charge in [-0.3, -0.25) is 5.43 Å². The van der Waals surface area contributed by atoms with Crippen LogP contribution in [0.1, 0.15) is 0 Å². The molecule has 5 nitrogen and oxygen atoms in total. The fourth-order valence-corrected chi connectivity index (χ4v) is 2.00. The van der Waals surface area contributed by atoms with Gasteiger partial charge in [0.2, 0.25) is 11.8 Å². The van der Waals surface area contributed by atoms with E-state index in [1.54, 1.807) is 12.1 Å². The maximum Gasteiger partial charge on any atom is 0.241 e. The van der Waals surface area contributed by atoms with Crippen LogP contribution in [-0.2, 0) is 0 Å². The molecular formula is C14H11ClN4O. The Morgan fingerprint density at radius 3 is 2.55 bits per heavy atom. The van der Waals surface area contributed by atoms with Crippen LogP contribution in [0.3, 0.4) is 0 Å². The Labute approximate surface area is 120 Å². The second-order valence-electron chi connectivity index (χ2n) is 4.05. The van der Waals surface area contributed by atoms with Crippen LogP contribution in [-0.4, -0.2) is 9.97 Å². The molecule has 0 amide bonds. The lowest BCUT2D eigenvalue weighted by Crippen LogP contribution is -2.11. The average molecular weight is 287 g/mol. The van der Waals surface area contributed by atoms with Gasteiger partial charge in [0, 0.05) is 0 Å². The highest BCUT2D eigenvalue weighted by atomic mass is 35.5. The Hall–Kier alpha value is -2.37. The number of hydrogen-bond acceptors (Lipinski definition) is 5. The number of hydrazine groups is 1. The number of rotatable bonds is 3. The molecule has 0 saturated heterocycles. The monoisotopic (exact) mass is 286 g/mol. The molecule has 2 aromatic carbocycles. The van der Waals surface area contributed by atoms with Crippen molar-refractivity contribution in [3.05, 3.63) is 53.6 Å². The molecule has 0 unspecified atom stereocenters. The van der Waals surface area contributed by atoms with Gasteiger partial charge in [0.15, 0.2) is 0 Å². The molecule has 0 aliphatic rings. The lowest BCUT2D eigenvalue weighted by molar-refractivity contribution is 0.469. The molecule has 0 atom stereocenters. The lowest BCUT2D eigenvalue weighted by Gasteiger charge is -2.10. The zero-order chi connectivity index (χ0) is 13.9. The van der Waals surface area contributed by atoms with Gasteiger partial charge in [-0.2, -0.15) is 4.98 Å². The minimum atomic E-state index is 0.283. The van der Waals surface area contributed by atoms with Crippen molar-refractivity contribution in [3.63, 3.8) is 0 Å². The van der Waals surface area contributed by atoms with Crippen molar-refractivity contribution >= 4 is 28.5 Å². The van der Waals surface area contributed by atoms with Crippen molar-refractivity contribution in [2.24, 2.45) is 5.84 Å². The zero-order valence-corrected chi connectivity index (χ0v) is 11.1. The quantitative estimate of drug-likeness (QED) is 0.570. The van der Waals surface area contributed by atoms with E-state index in [0.29, 0.717) is 16.7 Å². The predicted molar refractivity (Wildman–Crippen MR) is 78.9 cm³/mol. The van der Waals surface area contributed by atoms with E-state index in [1.165, 1.54) is 0 Å². The van der Waals surface area contributed by atoms with Crippen molar-refractivity contribution < 1.29 is 4.74 Å². The largest absolute Gasteiger partial charge is 0.437 e. The van der Waals surface area contributed by atoms with E-state index in [4.69, 9.17) is 22.2 Å². The normalized spacial score (nSPS) is 10.5. The first kappa shape index (κ1) is 12.7. The maximum atomic E-state index is 6.09. The van der Waals surface area contributed by atoms with Crippen LogP contribution in [0.5, 0.6) is 11.6 Å². The number of nitrogens with zero attached hydrogens (tertiary/aromatic N) is 2. The van der Waals surface area contributed by atoms with E-state index in [2.05, 4.69) is 15.4 Å². The van der Waals surface area contributed by atoms with Crippen LogP contribution in [0.15, 0.2) is 48.5 Å². The molecule has 3 N–H and O–H groups in total. The van der Waals surface area contributed by atoms with Crippen molar-refractivity contribution in [2.75, 3.05) is 5.43 Å². The molecule has 3 rings (SSSR count). The molecule has 0 aliphatic carbocycles. The van der Waals surface area contributed by atoms with E-state index in [9.17, 15) is 0 Å². The number of fused-ring (bicyclic) bond motifs is 1. The Kier molecular flexibility index (Phi) is 3.37. The average Bonchev–Trinajstić information content (AvgIpc) is 2.49. The number of benzene rings is 2. The third-order valence-corrected chi connectivity index (χ3v) is 3.05. The molecule has 0 bridgehead atoms. The fourth-order valence-electron chi connectivity index (χ4n) is 1.82. The van der Waals surface area contributed by atoms with Crippen LogP contribution in [0, 0.1) is 0 Å². The van der Waals surface area contributed by atoms with E-state index in [0.717, 1.165) is 10.9 Å². The fraction of sp³-hybridized carbons (Fsp3) is 0. The van der Waals surface area contributed by atoms with Gasteiger partial charge in [0.1, 0.15) is 5.75 Å². The molecule has 1 aromatic heterocycles. The molecular weight excluding hydrogens is 276 g/mol. The molecule has 0 fully saturated rings. The summed E-state index contributed by atoms with van der Waals surface area (Å²) in [6.45, 7) is 0. The van der Waals surface area contributed by atoms with Gasteiger partial charge < -0.3 is 4.74 Å². The van der Waals surface area contributed by atoms with E-state index in [-0.39, 0.29) is 5.95 Å². The Morgan fingerprint density at radius 2 is 1.75 bits per heavy atom. The van der Waals surface area contributed by atoms with Gasteiger partial charge in [-0.15, -0.1) is 0 Å². The van der Waals surface area contributed by atoms with E-state index in [1.807, 2.05) is 36.4 Å². The van der Waals surface area contributed by atoms with Gasteiger partial charge in [-0.25, -0.2) is 10.8 Å². The lowest BCUT2D eigenvalue weighted by atomic mass is 10.2. The summed E-state index contributed by atoms with van der Waals surface area (Å²) in [7, 11) is 0. The van der Waals surface area contributed by atoms with Crippen LogP contribution in [0.25, 0.3) is 10.9 Å². The third-order valence-electron chi connectivity index (χ3n) is 2.74.